The lowest BCUT2D eigenvalue weighted by Gasteiger charge is -2.13. The van der Waals surface area contributed by atoms with Crippen molar-refractivity contribution in [3.05, 3.63) is 69.9 Å². The molecule has 0 aliphatic heterocycles. The van der Waals surface area contributed by atoms with Crippen molar-refractivity contribution in [2.24, 2.45) is 0 Å². The molecular formula is C23H23N3O5. The minimum absolute atomic E-state index is 0.120. The lowest BCUT2D eigenvalue weighted by Crippen LogP contribution is -2.16. The molecular weight excluding hydrogens is 398 g/mol. The molecule has 0 bridgehead atoms. The van der Waals surface area contributed by atoms with Crippen molar-refractivity contribution in [3.8, 4) is 6.07 Å². The number of hydrogen-bond acceptors (Lipinski definition) is 7. The van der Waals surface area contributed by atoms with Crippen LogP contribution in [0.5, 0.6) is 0 Å². The van der Waals surface area contributed by atoms with E-state index in [-0.39, 0.29) is 22.4 Å². The van der Waals surface area contributed by atoms with E-state index < -0.39 is 17.8 Å². The number of anilines is 2. The number of carbonyl (C=O) groups is 3. The van der Waals surface area contributed by atoms with E-state index in [9.17, 15) is 19.6 Å². The lowest BCUT2D eigenvalue weighted by molar-refractivity contribution is -0.112. The summed E-state index contributed by atoms with van der Waals surface area (Å²) in [5.74, 6) is -1.87. The first-order valence-corrected chi connectivity index (χ1v) is 9.28. The number of aryl methyl sites for hydroxylation is 3. The first kappa shape index (κ1) is 23.2. The van der Waals surface area contributed by atoms with Gasteiger partial charge in [-0.25, -0.2) is 9.59 Å². The second kappa shape index (κ2) is 10.1. The number of ether oxygens (including phenoxy) is 2. The van der Waals surface area contributed by atoms with Gasteiger partial charge >= 0.3 is 11.9 Å². The highest BCUT2D eigenvalue weighted by Gasteiger charge is 2.17. The molecule has 0 saturated heterocycles. The number of rotatable bonds is 6. The summed E-state index contributed by atoms with van der Waals surface area (Å²) in [6.07, 6.45) is 1.16. The largest absolute Gasteiger partial charge is 0.465 e. The van der Waals surface area contributed by atoms with Crippen molar-refractivity contribution in [3.63, 3.8) is 0 Å². The molecule has 0 spiro atoms. The van der Waals surface area contributed by atoms with E-state index in [1.165, 1.54) is 32.4 Å². The summed E-state index contributed by atoms with van der Waals surface area (Å²) < 4.78 is 9.42. The first-order chi connectivity index (χ1) is 14.7. The molecule has 0 heterocycles. The van der Waals surface area contributed by atoms with E-state index in [0.717, 1.165) is 22.9 Å². The fourth-order valence-electron chi connectivity index (χ4n) is 3.05. The molecule has 31 heavy (non-hydrogen) atoms. The quantitative estimate of drug-likeness (QED) is 0.415. The smallest absolute Gasteiger partial charge is 0.339 e. The van der Waals surface area contributed by atoms with Gasteiger partial charge in [0, 0.05) is 11.9 Å². The molecule has 0 saturated carbocycles. The molecule has 0 aliphatic rings. The third-order valence-corrected chi connectivity index (χ3v) is 4.50. The van der Waals surface area contributed by atoms with Gasteiger partial charge in [0.25, 0.3) is 5.91 Å². The summed E-state index contributed by atoms with van der Waals surface area (Å²) in [4.78, 5) is 36.5. The number of amides is 1. The van der Waals surface area contributed by atoms with Crippen LogP contribution in [-0.2, 0) is 14.3 Å². The first-order valence-electron chi connectivity index (χ1n) is 9.28. The molecule has 0 radical (unpaired) electrons. The third kappa shape index (κ3) is 5.48. The molecule has 0 aliphatic carbocycles. The zero-order valence-corrected chi connectivity index (χ0v) is 18.0. The van der Waals surface area contributed by atoms with Crippen molar-refractivity contribution in [2.75, 3.05) is 24.9 Å². The number of nitrogens with one attached hydrogen (secondary N) is 2. The summed E-state index contributed by atoms with van der Waals surface area (Å²) in [5.41, 5.74) is 3.68. The maximum atomic E-state index is 12.6. The predicted octanol–water partition coefficient (Wildman–Crippen LogP) is 3.64. The molecule has 8 nitrogen and oxygen atoms in total. The Morgan fingerprint density at radius 3 is 2.13 bits per heavy atom. The van der Waals surface area contributed by atoms with Crippen LogP contribution >= 0.6 is 0 Å². The summed E-state index contributed by atoms with van der Waals surface area (Å²) in [6.45, 7) is 5.69. The van der Waals surface area contributed by atoms with Crippen molar-refractivity contribution >= 4 is 29.2 Å². The molecule has 2 aromatic rings. The van der Waals surface area contributed by atoms with Crippen LogP contribution in [0.1, 0.15) is 37.4 Å². The minimum atomic E-state index is -0.652. The highest BCUT2D eigenvalue weighted by Crippen LogP contribution is 2.23. The van der Waals surface area contributed by atoms with Gasteiger partial charge in [-0.2, -0.15) is 5.26 Å². The monoisotopic (exact) mass is 421 g/mol. The van der Waals surface area contributed by atoms with Crippen molar-refractivity contribution < 1.29 is 23.9 Å². The van der Waals surface area contributed by atoms with E-state index in [0.29, 0.717) is 5.69 Å². The van der Waals surface area contributed by atoms with Gasteiger partial charge in [0.05, 0.1) is 31.0 Å². The SMILES string of the molecule is COC(=O)c1ccc(C(=O)OC)c(N/C=C(/C#N)C(=O)Nc2c(C)cc(C)cc2C)c1. The fraction of sp³-hybridized carbons (Fsp3) is 0.217. The molecule has 8 heteroatoms. The van der Waals surface area contributed by atoms with Gasteiger partial charge in [0.15, 0.2) is 0 Å². The molecule has 0 unspecified atom stereocenters. The summed E-state index contributed by atoms with van der Waals surface area (Å²) in [7, 11) is 2.45. The minimum Gasteiger partial charge on any atom is -0.465 e. The van der Waals surface area contributed by atoms with Crippen molar-refractivity contribution in [1.29, 1.82) is 5.26 Å². The molecule has 2 N–H and O–H groups in total. The molecule has 0 atom stereocenters. The Balaban J connectivity index is 2.35. The average molecular weight is 421 g/mol. The van der Waals surface area contributed by atoms with Gasteiger partial charge in [-0.3, -0.25) is 4.79 Å². The molecule has 1 amide bonds. The second-order valence-electron chi connectivity index (χ2n) is 6.79. The number of nitriles is 1. The Morgan fingerprint density at radius 2 is 1.58 bits per heavy atom. The molecule has 2 rings (SSSR count). The normalized spacial score (nSPS) is 10.6. The summed E-state index contributed by atoms with van der Waals surface area (Å²) >= 11 is 0. The third-order valence-electron chi connectivity index (χ3n) is 4.50. The molecule has 2 aromatic carbocycles. The number of benzene rings is 2. The van der Waals surface area contributed by atoms with Crippen molar-refractivity contribution in [1.82, 2.24) is 0 Å². The zero-order valence-electron chi connectivity index (χ0n) is 18.0. The zero-order chi connectivity index (χ0) is 23.1. The summed E-state index contributed by atoms with van der Waals surface area (Å²) in [5, 5.41) is 15.0. The van der Waals surface area contributed by atoms with Gasteiger partial charge in [0.1, 0.15) is 11.6 Å². The molecule has 0 fully saturated rings. The van der Waals surface area contributed by atoms with Gasteiger partial charge in [-0.15, -0.1) is 0 Å². The van der Waals surface area contributed by atoms with Crippen LogP contribution in [0.3, 0.4) is 0 Å². The van der Waals surface area contributed by atoms with E-state index in [4.69, 9.17) is 4.74 Å². The van der Waals surface area contributed by atoms with Crippen molar-refractivity contribution in [2.45, 2.75) is 20.8 Å². The van der Waals surface area contributed by atoms with Crippen LogP contribution in [-0.4, -0.2) is 32.1 Å². The second-order valence-corrected chi connectivity index (χ2v) is 6.79. The maximum Gasteiger partial charge on any atom is 0.339 e. The van der Waals surface area contributed by atoms with Gasteiger partial charge < -0.3 is 20.1 Å². The van der Waals surface area contributed by atoms with Gasteiger partial charge in [-0.1, -0.05) is 17.7 Å². The topological polar surface area (TPSA) is 118 Å². The summed E-state index contributed by atoms with van der Waals surface area (Å²) in [6, 6.07) is 9.86. The Morgan fingerprint density at radius 1 is 0.968 bits per heavy atom. The van der Waals surface area contributed by atoms with E-state index in [1.807, 2.05) is 39.0 Å². The fourth-order valence-corrected chi connectivity index (χ4v) is 3.05. The molecule has 160 valence electrons. The number of esters is 2. The van der Waals surface area contributed by atoms with Crippen LogP contribution < -0.4 is 10.6 Å². The van der Waals surface area contributed by atoms with Crippen LogP contribution in [0.15, 0.2) is 42.1 Å². The number of methoxy groups -OCH3 is 2. The maximum absolute atomic E-state index is 12.6. The number of carbonyl (C=O) groups excluding carboxylic acids is 3. The molecule has 0 aromatic heterocycles. The van der Waals surface area contributed by atoms with Crippen LogP contribution in [0.25, 0.3) is 0 Å². The highest BCUT2D eigenvalue weighted by molar-refractivity contribution is 6.07. The van der Waals surface area contributed by atoms with Crippen LogP contribution in [0.4, 0.5) is 11.4 Å². The van der Waals surface area contributed by atoms with E-state index in [1.54, 1.807) is 0 Å². The van der Waals surface area contributed by atoms with Crippen LogP contribution in [0, 0.1) is 32.1 Å². The Bertz CT molecular complexity index is 1090. The number of hydrogen-bond donors (Lipinski definition) is 2. The highest BCUT2D eigenvalue weighted by atomic mass is 16.5. The lowest BCUT2D eigenvalue weighted by atomic mass is 10.0. The van der Waals surface area contributed by atoms with E-state index >= 15 is 0 Å². The van der Waals surface area contributed by atoms with Gasteiger partial charge in [-0.05, 0) is 50.1 Å². The average Bonchev–Trinajstić information content (AvgIpc) is 2.75. The van der Waals surface area contributed by atoms with E-state index in [2.05, 4.69) is 15.4 Å². The Labute approximate surface area is 180 Å². The Kier molecular flexibility index (Phi) is 7.53. The van der Waals surface area contributed by atoms with Crippen LogP contribution in [0.2, 0.25) is 0 Å². The standard InChI is InChI=1S/C23H23N3O5/c1-13-8-14(2)20(15(3)9-13)26-21(27)17(11-24)12-25-19-10-16(22(28)30-4)6-7-18(19)23(29)31-5/h6-10,12,25H,1-5H3,(H,26,27)/b17-12-. The number of nitrogens with zero attached hydrogens (tertiary/aromatic N) is 1. The Hall–Kier alpha value is -4.12. The van der Waals surface area contributed by atoms with Gasteiger partial charge in [0.2, 0.25) is 0 Å². The predicted molar refractivity (Wildman–Crippen MR) is 116 cm³/mol.